The highest BCUT2D eigenvalue weighted by Gasteiger charge is 2.12. The second-order valence-electron chi connectivity index (χ2n) is 4.12. The standard InChI is InChI=1S/C12H21BrClN3/c1-4-10-12(13)11(17(5-2)16-10)8-15-7-6-9(3)14/h9,15H,4-8H2,1-3H3. The number of alkyl halides is 1. The van der Waals surface area contributed by atoms with Gasteiger partial charge in [-0.1, -0.05) is 6.92 Å². The Morgan fingerprint density at radius 1 is 1.47 bits per heavy atom. The maximum Gasteiger partial charge on any atom is 0.0767 e. The van der Waals surface area contributed by atoms with Gasteiger partial charge in [-0.15, -0.1) is 11.6 Å². The van der Waals surface area contributed by atoms with Gasteiger partial charge < -0.3 is 5.32 Å². The summed E-state index contributed by atoms with van der Waals surface area (Å²) in [6.45, 7) is 8.94. The molecule has 17 heavy (non-hydrogen) atoms. The van der Waals surface area contributed by atoms with E-state index >= 15 is 0 Å². The lowest BCUT2D eigenvalue weighted by atomic mass is 10.3. The first-order valence-electron chi connectivity index (χ1n) is 6.18. The zero-order valence-corrected chi connectivity index (χ0v) is 13.1. The number of nitrogens with one attached hydrogen (secondary N) is 1. The number of aryl methyl sites for hydroxylation is 2. The van der Waals surface area contributed by atoms with Gasteiger partial charge in [-0.3, -0.25) is 4.68 Å². The van der Waals surface area contributed by atoms with Gasteiger partial charge in [-0.2, -0.15) is 5.10 Å². The largest absolute Gasteiger partial charge is 0.311 e. The molecule has 5 heteroatoms. The normalized spacial score (nSPS) is 13.0. The van der Waals surface area contributed by atoms with E-state index in [2.05, 4.69) is 44.9 Å². The number of hydrogen-bond acceptors (Lipinski definition) is 2. The lowest BCUT2D eigenvalue weighted by Crippen LogP contribution is -2.19. The first-order valence-corrected chi connectivity index (χ1v) is 7.41. The SMILES string of the molecule is CCc1nn(CC)c(CNCCC(C)Cl)c1Br. The maximum atomic E-state index is 5.91. The third kappa shape index (κ3) is 4.27. The lowest BCUT2D eigenvalue weighted by Gasteiger charge is -2.08. The molecule has 1 atom stereocenters. The topological polar surface area (TPSA) is 29.9 Å². The van der Waals surface area contributed by atoms with Gasteiger partial charge in [0.25, 0.3) is 0 Å². The van der Waals surface area contributed by atoms with Crippen LogP contribution in [0.25, 0.3) is 0 Å². The van der Waals surface area contributed by atoms with Gasteiger partial charge in [-0.05, 0) is 49.2 Å². The Bertz CT molecular complexity index is 350. The second kappa shape index (κ2) is 7.39. The maximum absolute atomic E-state index is 5.91. The van der Waals surface area contributed by atoms with Gasteiger partial charge in [0.2, 0.25) is 0 Å². The minimum absolute atomic E-state index is 0.230. The van der Waals surface area contributed by atoms with E-state index in [4.69, 9.17) is 11.6 Å². The van der Waals surface area contributed by atoms with E-state index < -0.39 is 0 Å². The van der Waals surface area contributed by atoms with Crippen LogP contribution in [0.15, 0.2) is 4.47 Å². The number of halogens is 2. The molecule has 0 radical (unpaired) electrons. The molecule has 0 aliphatic carbocycles. The van der Waals surface area contributed by atoms with Crippen LogP contribution in [0.1, 0.15) is 38.6 Å². The first kappa shape index (κ1) is 15.0. The Kier molecular flexibility index (Phi) is 6.52. The average Bonchev–Trinajstić information content (AvgIpc) is 2.61. The molecule has 98 valence electrons. The molecule has 3 nitrogen and oxygen atoms in total. The van der Waals surface area contributed by atoms with Crippen LogP contribution in [0.5, 0.6) is 0 Å². The Morgan fingerprint density at radius 3 is 2.71 bits per heavy atom. The summed E-state index contributed by atoms with van der Waals surface area (Å²) in [7, 11) is 0. The van der Waals surface area contributed by atoms with E-state index in [0.717, 1.165) is 42.6 Å². The van der Waals surface area contributed by atoms with Crippen molar-refractivity contribution < 1.29 is 0 Å². The van der Waals surface area contributed by atoms with Gasteiger partial charge in [0.05, 0.1) is 15.9 Å². The highest BCUT2D eigenvalue weighted by Crippen LogP contribution is 2.22. The molecule has 0 saturated heterocycles. The van der Waals surface area contributed by atoms with Crippen molar-refractivity contribution in [1.29, 1.82) is 0 Å². The van der Waals surface area contributed by atoms with Crippen molar-refractivity contribution in [2.45, 2.75) is 52.1 Å². The van der Waals surface area contributed by atoms with Crippen LogP contribution >= 0.6 is 27.5 Å². The Balaban J connectivity index is 2.59. The van der Waals surface area contributed by atoms with Crippen LogP contribution in [0, 0.1) is 0 Å². The third-order valence-electron chi connectivity index (χ3n) is 2.71. The van der Waals surface area contributed by atoms with Crippen LogP contribution in [-0.4, -0.2) is 21.7 Å². The number of nitrogens with zero attached hydrogens (tertiary/aromatic N) is 2. The van der Waals surface area contributed by atoms with Crippen LogP contribution in [0.4, 0.5) is 0 Å². The molecule has 1 aromatic heterocycles. The van der Waals surface area contributed by atoms with E-state index in [9.17, 15) is 0 Å². The molecule has 1 heterocycles. The fraction of sp³-hybridized carbons (Fsp3) is 0.750. The fourth-order valence-corrected chi connectivity index (χ4v) is 2.51. The van der Waals surface area contributed by atoms with Crippen LogP contribution < -0.4 is 5.32 Å². The summed E-state index contributed by atoms with van der Waals surface area (Å²) in [6, 6.07) is 0. The van der Waals surface area contributed by atoms with Crippen molar-refractivity contribution in [1.82, 2.24) is 15.1 Å². The Hall–Kier alpha value is -0.0600. The van der Waals surface area contributed by atoms with Gasteiger partial charge in [-0.25, -0.2) is 0 Å². The van der Waals surface area contributed by atoms with E-state index in [1.165, 1.54) is 5.69 Å². The summed E-state index contributed by atoms with van der Waals surface area (Å²) in [4.78, 5) is 0. The van der Waals surface area contributed by atoms with Gasteiger partial charge >= 0.3 is 0 Å². The summed E-state index contributed by atoms with van der Waals surface area (Å²) in [5, 5.41) is 8.20. The van der Waals surface area contributed by atoms with Gasteiger partial charge in [0.15, 0.2) is 0 Å². The monoisotopic (exact) mass is 321 g/mol. The van der Waals surface area contributed by atoms with Crippen molar-refractivity contribution in [3.8, 4) is 0 Å². The molecule has 1 unspecified atom stereocenters. The Morgan fingerprint density at radius 2 is 2.18 bits per heavy atom. The zero-order valence-electron chi connectivity index (χ0n) is 10.8. The smallest absolute Gasteiger partial charge is 0.0767 e. The predicted molar refractivity (Wildman–Crippen MR) is 76.6 cm³/mol. The summed E-state index contributed by atoms with van der Waals surface area (Å²) in [6.07, 6.45) is 1.94. The Labute approximate surface area is 117 Å². The number of aromatic nitrogens is 2. The molecular weight excluding hydrogens is 302 g/mol. The molecule has 0 saturated carbocycles. The van der Waals surface area contributed by atoms with Crippen LogP contribution in [0.2, 0.25) is 0 Å². The molecule has 0 aliphatic rings. The molecule has 1 aromatic rings. The van der Waals surface area contributed by atoms with E-state index in [1.54, 1.807) is 0 Å². The lowest BCUT2D eigenvalue weighted by molar-refractivity contribution is 0.568. The second-order valence-corrected chi connectivity index (χ2v) is 5.66. The molecule has 0 amide bonds. The van der Waals surface area contributed by atoms with Crippen LogP contribution in [0.3, 0.4) is 0 Å². The molecule has 0 spiro atoms. The minimum atomic E-state index is 0.230. The number of rotatable bonds is 7. The molecular formula is C12H21BrClN3. The summed E-state index contributed by atoms with van der Waals surface area (Å²) in [5.74, 6) is 0. The van der Waals surface area contributed by atoms with Crippen molar-refractivity contribution in [3.05, 3.63) is 15.9 Å². The van der Waals surface area contributed by atoms with E-state index in [0.29, 0.717) is 0 Å². The summed E-state index contributed by atoms with van der Waals surface area (Å²) >= 11 is 9.54. The minimum Gasteiger partial charge on any atom is -0.311 e. The predicted octanol–water partition coefficient (Wildman–Crippen LogP) is 3.33. The fourth-order valence-electron chi connectivity index (χ4n) is 1.69. The molecule has 0 fully saturated rings. The summed E-state index contributed by atoms with van der Waals surface area (Å²) in [5.41, 5.74) is 2.36. The average molecular weight is 323 g/mol. The van der Waals surface area contributed by atoms with Crippen molar-refractivity contribution in [2.75, 3.05) is 6.54 Å². The molecule has 1 rings (SSSR count). The van der Waals surface area contributed by atoms with Crippen molar-refractivity contribution in [2.24, 2.45) is 0 Å². The highest BCUT2D eigenvalue weighted by molar-refractivity contribution is 9.10. The quantitative estimate of drug-likeness (QED) is 0.616. The molecule has 0 bridgehead atoms. The van der Waals surface area contributed by atoms with Gasteiger partial charge in [0.1, 0.15) is 0 Å². The van der Waals surface area contributed by atoms with Crippen LogP contribution in [-0.2, 0) is 19.5 Å². The highest BCUT2D eigenvalue weighted by atomic mass is 79.9. The molecule has 0 aromatic carbocycles. The van der Waals surface area contributed by atoms with Crippen molar-refractivity contribution in [3.63, 3.8) is 0 Å². The zero-order chi connectivity index (χ0) is 12.8. The molecule has 1 N–H and O–H groups in total. The van der Waals surface area contributed by atoms with E-state index in [-0.39, 0.29) is 5.38 Å². The number of hydrogen-bond donors (Lipinski definition) is 1. The van der Waals surface area contributed by atoms with Gasteiger partial charge in [0, 0.05) is 18.5 Å². The first-order chi connectivity index (χ1) is 8.10. The summed E-state index contributed by atoms with van der Waals surface area (Å²) < 4.78 is 3.20. The molecule has 0 aliphatic heterocycles. The van der Waals surface area contributed by atoms with Crippen molar-refractivity contribution >= 4 is 27.5 Å². The van der Waals surface area contributed by atoms with E-state index in [1.807, 2.05) is 6.92 Å². The third-order valence-corrected chi connectivity index (χ3v) is 3.84.